The molecule has 0 heterocycles. The SMILES string of the molecule is CCCCCCCCCCCCCCCCCCCCCC(O)C(CO)NC(=O)CCCCCCCCCCCC/C=C\CCCCCCCCCCCCCCOC(=O)CCCCCCCCCCCCCCCCCCCC. The van der Waals surface area contributed by atoms with Crippen molar-refractivity contribution < 1.29 is 24.5 Å². The van der Waals surface area contributed by atoms with Gasteiger partial charge in [0.25, 0.3) is 0 Å². The Bertz CT molecular complexity index is 1210. The minimum absolute atomic E-state index is 0.0200. The van der Waals surface area contributed by atoms with Gasteiger partial charge in [-0.05, 0) is 51.4 Å². The number of aliphatic hydroxyl groups is 2. The largest absolute Gasteiger partial charge is 0.466 e. The number of hydrogen-bond donors (Lipinski definition) is 3. The molecule has 0 aliphatic heterocycles. The molecule has 3 N–H and O–H groups in total. The van der Waals surface area contributed by atoms with Gasteiger partial charge in [-0.2, -0.15) is 0 Å². The lowest BCUT2D eigenvalue weighted by Crippen LogP contribution is -2.45. The molecule has 0 fully saturated rings. The highest BCUT2D eigenvalue weighted by atomic mass is 16.5. The van der Waals surface area contributed by atoms with Crippen LogP contribution in [-0.2, 0) is 14.3 Å². The van der Waals surface area contributed by atoms with Crippen LogP contribution in [0.15, 0.2) is 12.2 Å². The Morgan fingerprint density at radius 1 is 0.338 bits per heavy atom. The van der Waals surface area contributed by atoms with Crippen molar-refractivity contribution in [2.75, 3.05) is 13.2 Å². The van der Waals surface area contributed by atoms with Crippen molar-refractivity contribution in [2.45, 2.75) is 437 Å². The quantitative estimate of drug-likeness (QED) is 0.0320. The van der Waals surface area contributed by atoms with Crippen LogP contribution in [0.25, 0.3) is 0 Å². The van der Waals surface area contributed by atoms with Crippen LogP contribution in [0.5, 0.6) is 0 Å². The van der Waals surface area contributed by atoms with E-state index in [1.807, 2.05) is 0 Å². The molecule has 0 bridgehead atoms. The summed E-state index contributed by atoms with van der Waals surface area (Å²) in [6.45, 7) is 5.01. The van der Waals surface area contributed by atoms with Gasteiger partial charge in [0, 0.05) is 12.8 Å². The number of hydrogen-bond acceptors (Lipinski definition) is 5. The van der Waals surface area contributed by atoms with E-state index >= 15 is 0 Å². The average Bonchev–Trinajstić information content (AvgIpc) is 3.46. The number of amides is 1. The minimum Gasteiger partial charge on any atom is -0.466 e. The Balaban J connectivity index is 3.36. The molecule has 0 aromatic carbocycles. The van der Waals surface area contributed by atoms with E-state index < -0.39 is 12.1 Å². The fraction of sp³-hybridized carbons (Fsp3) is 0.946. The van der Waals surface area contributed by atoms with Crippen molar-refractivity contribution in [1.82, 2.24) is 5.32 Å². The van der Waals surface area contributed by atoms with Crippen molar-refractivity contribution in [3.05, 3.63) is 12.2 Å². The first kappa shape index (κ1) is 78.6. The van der Waals surface area contributed by atoms with Crippen molar-refractivity contribution in [2.24, 2.45) is 0 Å². The molecule has 2 atom stereocenters. The molecule has 0 saturated carbocycles. The van der Waals surface area contributed by atoms with Gasteiger partial charge >= 0.3 is 5.97 Å². The zero-order chi connectivity index (χ0) is 57.8. The zero-order valence-corrected chi connectivity index (χ0v) is 54.6. The van der Waals surface area contributed by atoms with Gasteiger partial charge in [0.15, 0.2) is 0 Å². The first-order chi connectivity index (χ1) is 39.5. The van der Waals surface area contributed by atoms with Crippen molar-refractivity contribution in [1.29, 1.82) is 0 Å². The topological polar surface area (TPSA) is 95.9 Å². The van der Waals surface area contributed by atoms with Gasteiger partial charge in [-0.25, -0.2) is 0 Å². The van der Waals surface area contributed by atoms with Crippen molar-refractivity contribution in [3.8, 4) is 0 Å². The monoisotopic (exact) mass is 1130 g/mol. The van der Waals surface area contributed by atoms with Crippen molar-refractivity contribution in [3.63, 3.8) is 0 Å². The van der Waals surface area contributed by atoms with E-state index in [0.29, 0.717) is 25.9 Å². The first-order valence-electron chi connectivity index (χ1n) is 36.9. The zero-order valence-electron chi connectivity index (χ0n) is 54.6. The van der Waals surface area contributed by atoms with Crippen LogP contribution < -0.4 is 5.32 Å². The Morgan fingerprint density at radius 2 is 0.588 bits per heavy atom. The second-order valence-corrected chi connectivity index (χ2v) is 25.6. The van der Waals surface area contributed by atoms with Crippen molar-refractivity contribution >= 4 is 11.9 Å². The lowest BCUT2D eigenvalue weighted by Gasteiger charge is -2.22. The predicted octanol–water partition coefficient (Wildman–Crippen LogP) is 23.9. The van der Waals surface area contributed by atoms with Gasteiger partial charge < -0.3 is 20.3 Å². The third-order valence-electron chi connectivity index (χ3n) is 17.6. The molecule has 0 aromatic heterocycles. The van der Waals surface area contributed by atoms with Gasteiger partial charge in [-0.3, -0.25) is 9.59 Å². The molecule has 0 aliphatic carbocycles. The van der Waals surface area contributed by atoms with Crippen LogP contribution in [0.1, 0.15) is 425 Å². The lowest BCUT2D eigenvalue weighted by molar-refractivity contribution is -0.143. The maximum Gasteiger partial charge on any atom is 0.305 e. The molecular formula is C74H145NO5. The van der Waals surface area contributed by atoms with Crippen LogP contribution in [0.4, 0.5) is 0 Å². The highest BCUT2D eigenvalue weighted by Gasteiger charge is 2.20. The summed E-state index contributed by atoms with van der Waals surface area (Å²) in [6.07, 6.45) is 87.0. The smallest absolute Gasteiger partial charge is 0.305 e. The second kappa shape index (κ2) is 70.1. The predicted molar refractivity (Wildman–Crippen MR) is 352 cm³/mol. The van der Waals surface area contributed by atoms with Gasteiger partial charge in [0.2, 0.25) is 5.91 Å². The Kier molecular flexibility index (Phi) is 68.9. The van der Waals surface area contributed by atoms with E-state index in [2.05, 4.69) is 31.3 Å². The summed E-state index contributed by atoms with van der Waals surface area (Å²) in [5.41, 5.74) is 0. The summed E-state index contributed by atoms with van der Waals surface area (Å²) in [6, 6.07) is -0.543. The molecule has 6 heteroatoms. The van der Waals surface area contributed by atoms with E-state index in [9.17, 15) is 19.8 Å². The second-order valence-electron chi connectivity index (χ2n) is 25.6. The van der Waals surface area contributed by atoms with Crippen LogP contribution in [0.2, 0.25) is 0 Å². The van der Waals surface area contributed by atoms with Gasteiger partial charge in [0.1, 0.15) is 0 Å². The van der Waals surface area contributed by atoms with E-state index in [4.69, 9.17) is 4.74 Å². The Hall–Kier alpha value is -1.40. The molecule has 0 aromatic rings. The van der Waals surface area contributed by atoms with E-state index in [-0.39, 0.29) is 18.5 Å². The third-order valence-corrected chi connectivity index (χ3v) is 17.6. The number of ether oxygens (including phenoxy) is 1. The molecule has 6 nitrogen and oxygen atoms in total. The molecule has 2 unspecified atom stereocenters. The van der Waals surface area contributed by atoms with E-state index in [0.717, 1.165) is 38.5 Å². The Morgan fingerprint density at radius 3 is 0.887 bits per heavy atom. The number of nitrogens with one attached hydrogen (secondary N) is 1. The molecule has 0 rings (SSSR count). The molecule has 0 radical (unpaired) electrons. The number of carbonyl (C=O) groups is 2. The normalized spacial score (nSPS) is 12.5. The third kappa shape index (κ3) is 65.7. The standard InChI is InChI=1S/C74H145NO5/c1-3-5-7-9-11-13-15-17-19-21-31-34-38-42-46-50-54-58-62-66-72(77)71(70-76)75-73(78)67-63-59-55-51-47-43-39-35-32-29-27-25-23-24-26-28-30-33-37-41-45-49-53-57-61-65-69-80-74(79)68-64-60-56-52-48-44-40-36-22-20-18-16-14-12-10-8-6-4-2/h23,25,71-72,76-77H,3-22,24,26-70H2,1-2H3,(H,75,78)/b25-23-. The fourth-order valence-corrected chi connectivity index (χ4v) is 11.9. The molecule has 1 amide bonds. The van der Waals surface area contributed by atoms with Crippen LogP contribution >= 0.6 is 0 Å². The summed E-state index contributed by atoms with van der Waals surface area (Å²) < 4.78 is 5.51. The van der Waals surface area contributed by atoms with E-state index in [1.54, 1.807) is 0 Å². The first-order valence-corrected chi connectivity index (χ1v) is 36.9. The summed E-state index contributed by atoms with van der Waals surface area (Å²) >= 11 is 0. The molecule has 0 spiro atoms. The minimum atomic E-state index is -0.666. The summed E-state index contributed by atoms with van der Waals surface area (Å²) in [7, 11) is 0. The summed E-state index contributed by atoms with van der Waals surface area (Å²) in [5.74, 6) is -0.0122. The number of carbonyl (C=O) groups excluding carboxylic acids is 2. The van der Waals surface area contributed by atoms with Crippen LogP contribution in [-0.4, -0.2) is 47.4 Å². The number of rotatable bonds is 70. The van der Waals surface area contributed by atoms with Gasteiger partial charge in [0.05, 0.1) is 25.4 Å². The lowest BCUT2D eigenvalue weighted by atomic mass is 10.0. The molecular weight excluding hydrogens is 983 g/mol. The number of allylic oxidation sites excluding steroid dienone is 2. The van der Waals surface area contributed by atoms with Gasteiger partial charge in [-0.1, -0.05) is 373 Å². The molecule has 80 heavy (non-hydrogen) atoms. The highest BCUT2D eigenvalue weighted by Crippen LogP contribution is 2.19. The number of unbranched alkanes of at least 4 members (excludes halogenated alkanes) is 57. The fourth-order valence-electron chi connectivity index (χ4n) is 11.9. The highest BCUT2D eigenvalue weighted by molar-refractivity contribution is 5.76. The number of aliphatic hydroxyl groups excluding tert-OH is 2. The molecule has 476 valence electrons. The van der Waals surface area contributed by atoms with Crippen LogP contribution in [0.3, 0.4) is 0 Å². The van der Waals surface area contributed by atoms with E-state index in [1.165, 1.54) is 353 Å². The van der Waals surface area contributed by atoms with Crippen LogP contribution in [0, 0.1) is 0 Å². The van der Waals surface area contributed by atoms with Gasteiger partial charge in [-0.15, -0.1) is 0 Å². The summed E-state index contributed by atoms with van der Waals surface area (Å²) in [4.78, 5) is 24.7. The molecule has 0 aliphatic rings. The Labute approximate surface area is 501 Å². The molecule has 0 saturated heterocycles. The number of esters is 1. The maximum absolute atomic E-state index is 12.5. The maximum atomic E-state index is 12.5. The summed E-state index contributed by atoms with van der Waals surface area (Å²) in [5, 5.41) is 23.4. The average molecular weight is 1130 g/mol.